The van der Waals surface area contributed by atoms with Crippen LogP contribution < -0.4 is 0 Å². The minimum absolute atomic E-state index is 0.0374. The van der Waals surface area contributed by atoms with E-state index in [1.54, 1.807) is 0 Å². The van der Waals surface area contributed by atoms with Crippen molar-refractivity contribution >= 4 is 11.5 Å². The van der Waals surface area contributed by atoms with E-state index in [0.717, 1.165) is 57.1 Å². The van der Waals surface area contributed by atoms with E-state index in [4.69, 9.17) is 4.84 Å². The van der Waals surface area contributed by atoms with E-state index in [1.165, 1.54) is 0 Å². The summed E-state index contributed by atoms with van der Waals surface area (Å²) in [5.41, 5.74) is 1.17. The van der Waals surface area contributed by atoms with Gasteiger partial charge in [-0.2, -0.15) is 0 Å². The van der Waals surface area contributed by atoms with Crippen LogP contribution in [0.4, 0.5) is 0 Å². The third-order valence-electron chi connectivity index (χ3n) is 6.61. The largest absolute Gasteiger partial charge is 0.393 e. The van der Waals surface area contributed by atoms with Gasteiger partial charge in [0.2, 0.25) is 0 Å². The van der Waals surface area contributed by atoms with Crippen molar-refractivity contribution < 1.29 is 14.7 Å². The number of carbonyl (C=O) groups excluding carboxylic acids is 1. The van der Waals surface area contributed by atoms with Crippen molar-refractivity contribution in [3.63, 3.8) is 0 Å². The summed E-state index contributed by atoms with van der Waals surface area (Å²) in [7, 11) is 0. The highest BCUT2D eigenvalue weighted by molar-refractivity contribution is 5.88. The molecule has 4 rings (SSSR count). The van der Waals surface area contributed by atoms with Crippen LogP contribution in [0, 0.1) is 17.3 Å². The summed E-state index contributed by atoms with van der Waals surface area (Å²) in [5.74, 6) is 0.901. The lowest BCUT2D eigenvalue weighted by atomic mass is 9.62. The number of carbonyl (C=O) groups is 1. The Morgan fingerprint density at radius 1 is 1.33 bits per heavy atom. The molecule has 0 amide bonds. The van der Waals surface area contributed by atoms with E-state index in [9.17, 15) is 9.90 Å². The Morgan fingerprint density at radius 2 is 2.14 bits per heavy atom. The minimum atomic E-state index is -0.222. The Balaban J connectivity index is 1.42. The molecule has 4 aliphatic rings. The summed E-state index contributed by atoms with van der Waals surface area (Å²) in [6.45, 7) is 2.18. The molecule has 0 aromatic rings. The maximum atomic E-state index is 12.4. The van der Waals surface area contributed by atoms with Gasteiger partial charge in [0, 0.05) is 18.8 Å². The predicted octanol–water partition coefficient (Wildman–Crippen LogP) is 2.83. The predicted molar refractivity (Wildman–Crippen MR) is 78.9 cm³/mol. The lowest BCUT2D eigenvalue weighted by Gasteiger charge is -2.42. The zero-order valence-corrected chi connectivity index (χ0v) is 12.8. The van der Waals surface area contributed by atoms with Crippen LogP contribution in [-0.2, 0) is 9.63 Å². The molecule has 3 aliphatic carbocycles. The second kappa shape index (κ2) is 4.55. The number of hydrogen-bond acceptors (Lipinski definition) is 4. The highest BCUT2D eigenvalue weighted by Crippen LogP contribution is 2.54. The molecule has 0 radical (unpaired) electrons. The van der Waals surface area contributed by atoms with E-state index in [1.807, 2.05) is 0 Å². The smallest absolute Gasteiger partial charge is 0.143 e. The van der Waals surface area contributed by atoms with Crippen molar-refractivity contribution in [1.82, 2.24) is 0 Å². The van der Waals surface area contributed by atoms with Crippen LogP contribution in [0.15, 0.2) is 5.16 Å². The van der Waals surface area contributed by atoms with Gasteiger partial charge in [-0.3, -0.25) is 4.79 Å². The number of rotatable bonds is 3. The second-order valence-electron chi connectivity index (χ2n) is 7.93. The average Bonchev–Trinajstić information content (AvgIpc) is 2.99. The summed E-state index contributed by atoms with van der Waals surface area (Å²) in [6.07, 6.45) is 8.16. The van der Waals surface area contributed by atoms with Gasteiger partial charge in [-0.25, -0.2) is 0 Å². The monoisotopic (exact) mass is 291 g/mol. The Morgan fingerprint density at radius 3 is 2.86 bits per heavy atom. The third-order valence-corrected chi connectivity index (χ3v) is 6.61. The number of Topliss-reactive ketones (excluding diaryl/α,β-unsaturated/α-hetero) is 1. The Kier molecular flexibility index (Phi) is 2.97. The number of hydrogen-bond donors (Lipinski definition) is 1. The molecule has 4 atom stereocenters. The van der Waals surface area contributed by atoms with Crippen LogP contribution in [0.25, 0.3) is 0 Å². The fourth-order valence-electron chi connectivity index (χ4n) is 4.88. The molecule has 3 fully saturated rings. The molecule has 0 unspecified atom stereocenters. The van der Waals surface area contributed by atoms with Crippen LogP contribution in [0.2, 0.25) is 0 Å². The SMILES string of the molecule is C[C@]12CCC(=O)[C@@H](CCC3=NOC4(CC4)C3)[C@@H]1CC[C@@H]2O. The van der Waals surface area contributed by atoms with E-state index < -0.39 is 0 Å². The molecule has 1 aliphatic heterocycles. The quantitative estimate of drug-likeness (QED) is 0.870. The number of nitrogens with zero attached hydrogens (tertiary/aromatic N) is 1. The van der Waals surface area contributed by atoms with Crippen LogP contribution in [0.5, 0.6) is 0 Å². The molecule has 1 spiro atoms. The second-order valence-corrected chi connectivity index (χ2v) is 7.93. The number of fused-ring (bicyclic) bond motifs is 1. The topological polar surface area (TPSA) is 58.9 Å². The van der Waals surface area contributed by atoms with Gasteiger partial charge in [0.05, 0.1) is 11.8 Å². The van der Waals surface area contributed by atoms with Gasteiger partial charge in [0.15, 0.2) is 0 Å². The number of aliphatic hydroxyl groups is 1. The number of aliphatic hydroxyl groups excluding tert-OH is 1. The first kappa shape index (κ1) is 13.7. The molecular weight excluding hydrogens is 266 g/mol. The van der Waals surface area contributed by atoms with Crippen LogP contribution in [0.3, 0.4) is 0 Å². The standard InChI is InChI=1S/C17H25NO3/c1-16-7-6-14(19)12(13(16)4-5-15(16)20)3-2-11-10-17(8-9-17)21-18-11/h12-13,15,20H,2-10H2,1H3/t12-,13-,15-,16-/m0/s1. The zero-order chi connectivity index (χ0) is 14.7. The molecule has 4 nitrogen and oxygen atoms in total. The Hall–Kier alpha value is -0.900. The average molecular weight is 291 g/mol. The summed E-state index contributed by atoms with van der Waals surface area (Å²) < 4.78 is 0. The van der Waals surface area contributed by atoms with Crippen LogP contribution >= 0.6 is 0 Å². The molecule has 0 aromatic carbocycles. The van der Waals surface area contributed by atoms with Gasteiger partial charge >= 0.3 is 0 Å². The molecule has 0 aromatic heterocycles. The Labute approximate surface area is 125 Å². The first-order chi connectivity index (χ1) is 10.0. The molecule has 3 saturated carbocycles. The van der Waals surface area contributed by atoms with E-state index >= 15 is 0 Å². The van der Waals surface area contributed by atoms with Crippen molar-refractivity contribution in [1.29, 1.82) is 0 Å². The molecule has 0 saturated heterocycles. The van der Waals surface area contributed by atoms with E-state index in [2.05, 4.69) is 12.1 Å². The van der Waals surface area contributed by atoms with Gasteiger partial charge < -0.3 is 9.94 Å². The van der Waals surface area contributed by atoms with Crippen LogP contribution in [0.1, 0.15) is 64.7 Å². The molecule has 116 valence electrons. The van der Waals surface area contributed by atoms with Crippen molar-refractivity contribution in [2.75, 3.05) is 0 Å². The highest BCUT2D eigenvalue weighted by atomic mass is 16.7. The molecule has 1 N–H and O–H groups in total. The normalized spacial score (nSPS) is 43.6. The first-order valence-electron chi connectivity index (χ1n) is 8.47. The van der Waals surface area contributed by atoms with Crippen molar-refractivity contribution in [3.05, 3.63) is 0 Å². The van der Waals surface area contributed by atoms with Gasteiger partial charge in [-0.1, -0.05) is 12.1 Å². The first-order valence-corrected chi connectivity index (χ1v) is 8.47. The molecule has 1 heterocycles. The van der Waals surface area contributed by atoms with Gasteiger partial charge in [0.1, 0.15) is 11.4 Å². The maximum Gasteiger partial charge on any atom is 0.143 e. The van der Waals surface area contributed by atoms with Gasteiger partial charge in [-0.15, -0.1) is 0 Å². The van der Waals surface area contributed by atoms with Crippen LogP contribution in [-0.4, -0.2) is 28.3 Å². The summed E-state index contributed by atoms with van der Waals surface area (Å²) >= 11 is 0. The van der Waals surface area contributed by atoms with Gasteiger partial charge in [-0.05, 0) is 56.3 Å². The number of ketones is 1. The molecule has 21 heavy (non-hydrogen) atoms. The highest BCUT2D eigenvalue weighted by Gasteiger charge is 2.54. The van der Waals surface area contributed by atoms with Crippen molar-refractivity contribution in [2.45, 2.75) is 76.4 Å². The maximum absolute atomic E-state index is 12.4. The fourth-order valence-corrected chi connectivity index (χ4v) is 4.88. The number of oxime groups is 1. The Bertz CT molecular complexity index is 496. The van der Waals surface area contributed by atoms with E-state index in [-0.39, 0.29) is 23.0 Å². The lowest BCUT2D eigenvalue weighted by Crippen LogP contribution is -2.43. The lowest BCUT2D eigenvalue weighted by molar-refractivity contribution is -0.133. The fraction of sp³-hybridized carbons (Fsp3) is 0.882. The minimum Gasteiger partial charge on any atom is -0.393 e. The third kappa shape index (κ3) is 2.14. The molecule has 4 heteroatoms. The summed E-state index contributed by atoms with van der Waals surface area (Å²) in [6, 6.07) is 0. The molecular formula is C17H25NO3. The zero-order valence-electron chi connectivity index (χ0n) is 12.8. The van der Waals surface area contributed by atoms with Gasteiger partial charge in [0.25, 0.3) is 0 Å². The van der Waals surface area contributed by atoms with E-state index in [0.29, 0.717) is 18.1 Å². The molecule has 0 bridgehead atoms. The summed E-state index contributed by atoms with van der Waals surface area (Å²) in [5, 5.41) is 14.5. The summed E-state index contributed by atoms with van der Waals surface area (Å²) in [4.78, 5) is 17.9. The van der Waals surface area contributed by atoms with Crippen molar-refractivity contribution in [3.8, 4) is 0 Å². The van der Waals surface area contributed by atoms with Crippen molar-refractivity contribution in [2.24, 2.45) is 22.4 Å².